The highest BCUT2D eigenvalue weighted by Gasteiger charge is 2.40. The van der Waals surface area contributed by atoms with Gasteiger partial charge in [-0.05, 0) is 12.8 Å². The highest BCUT2D eigenvalue weighted by molar-refractivity contribution is 4.94. The SMILES string of the molecule is COCC1(N2CCCC2)CNCC[N]1. The summed E-state index contributed by atoms with van der Waals surface area (Å²) < 4.78 is 5.32. The third-order valence-electron chi connectivity index (χ3n) is 3.17. The predicted molar refractivity (Wildman–Crippen MR) is 55.3 cm³/mol. The first-order valence-electron chi connectivity index (χ1n) is 5.51. The van der Waals surface area contributed by atoms with Crippen molar-refractivity contribution in [1.29, 1.82) is 0 Å². The number of likely N-dealkylation sites (tertiary alicyclic amines) is 1. The monoisotopic (exact) mass is 198 g/mol. The maximum Gasteiger partial charge on any atom is 0.123 e. The normalized spacial score (nSPS) is 34.9. The van der Waals surface area contributed by atoms with Gasteiger partial charge in [0.05, 0.1) is 6.61 Å². The van der Waals surface area contributed by atoms with Crippen molar-refractivity contribution >= 4 is 0 Å². The molecule has 2 saturated heterocycles. The van der Waals surface area contributed by atoms with Crippen LogP contribution in [0.4, 0.5) is 0 Å². The number of hydrogen-bond donors (Lipinski definition) is 1. The molecule has 1 atom stereocenters. The van der Waals surface area contributed by atoms with Crippen LogP contribution in [0.2, 0.25) is 0 Å². The summed E-state index contributed by atoms with van der Waals surface area (Å²) in [6, 6.07) is 0. The predicted octanol–water partition coefficient (Wildman–Crippen LogP) is -0.367. The van der Waals surface area contributed by atoms with Crippen LogP contribution in [0.5, 0.6) is 0 Å². The molecule has 2 heterocycles. The molecule has 1 unspecified atom stereocenters. The van der Waals surface area contributed by atoms with Gasteiger partial charge in [0, 0.05) is 39.8 Å². The van der Waals surface area contributed by atoms with Crippen molar-refractivity contribution in [1.82, 2.24) is 15.5 Å². The summed E-state index contributed by atoms with van der Waals surface area (Å²) in [4.78, 5) is 2.47. The van der Waals surface area contributed by atoms with E-state index >= 15 is 0 Å². The third kappa shape index (κ3) is 1.93. The van der Waals surface area contributed by atoms with E-state index in [1.54, 1.807) is 7.11 Å². The first-order chi connectivity index (χ1) is 6.87. The summed E-state index contributed by atoms with van der Waals surface area (Å²) in [5.74, 6) is 0. The maximum atomic E-state index is 5.32. The molecular weight excluding hydrogens is 178 g/mol. The van der Waals surface area contributed by atoms with Crippen LogP contribution in [0.1, 0.15) is 12.8 Å². The summed E-state index contributed by atoms with van der Waals surface area (Å²) in [5, 5.41) is 8.19. The fraction of sp³-hybridized carbons (Fsp3) is 1.00. The molecule has 2 aliphatic heterocycles. The van der Waals surface area contributed by atoms with E-state index in [0.717, 1.165) is 26.2 Å². The van der Waals surface area contributed by atoms with Crippen molar-refractivity contribution in [3.05, 3.63) is 0 Å². The zero-order valence-corrected chi connectivity index (χ0v) is 8.96. The van der Waals surface area contributed by atoms with E-state index in [0.29, 0.717) is 0 Å². The summed E-state index contributed by atoms with van der Waals surface area (Å²) in [6.45, 7) is 5.95. The molecule has 2 aliphatic rings. The van der Waals surface area contributed by atoms with Gasteiger partial charge in [0.2, 0.25) is 0 Å². The molecule has 0 aromatic heterocycles. The Morgan fingerprint density at radius 2 is 2.21 bits per heavy atom. The molecule has 1 radical (unpaired) electrons. The Labute approximate surface area is 86.0 Å². The van der Waals surface area contributed by atoms with E-state index in [-0.39, 0.29) is 5.66 Å². The van der Waals surface area contributed by atoms with Crippen LogP contribution >= 0.6 is 0 Å². The van der Waals surface area contributed by atoms with Crippen molar-refractivity contribution in [2.24, 2.45) is 0 Å². The van der Waals surface area contributed by atoms with Crippen molar-refractivity contribution in [2.75, 3.05) is 46.4 Å². The van der Waals surface area contributed by atoms with Gasteiger partial charge >= 0.3 is 0 Å². The second-order valence-electron chi connectivity index (χ2n) is 4.17. The molecule has 0 aromatic rings. The van der Waals surface area contributed by atoms with Crippen LogP contribution in [-0.4, -0.2) is 57.0 Å². The number of rotatable bonds is 3. The average molecular weight is 198 g/mol. The average Bonchev–Trinajstić information content (AvgIpc) is 2.73. The molecular formula is C10H20N3O. The molecule has 81 valence electrons. The smallest absolute Gasteiger partial charge is 0.123 e. The van der Waals surface area contributed by atoms with Crippen molar-refractivity contribution in [3.8, 4) is 0 Å². The fourth-order valence-electron chi connectivity index (χ4n) is 2.45. The highest BCUT2D eigenvalue weighted by Crippen LogP contribution is 2.21. The van der Waals surface area contributed by atoms with Gasteiger partial charge in [-0.2, -0.15) is 0 Å². The Bertz CT molecular complexity index is 169. The first-order valence-corrected chi connectivity index (χ1v) is 5.51. The van der Waals surface area contributed by atoms with Gasteiger partial charge in [-0.15, -0.1) is 0 Å². The van der Waals surface area contributed by atoms with E-state index in [9.17, 15) is 0 Å². The lowest BCUT2D eigenvalue weighted by Crippen LogP contribution is -2.66. The topological polar surface area (TPSA) is 38.6 Å². The van der Waals surface area contributed by atoms with Crippen LogP contribution in [0, 0.1) is 0 Å². The Kier molecular flexibility index (Phi) is 3.38. The number of ether oxygens (including phenoxy) is 1. The first kappa shape index (κ1) is 10.4. The van der Waals surface area contributed by atoms with Crippen molar-refractivity contribution in [2.45, 2.75) is 18.5 Å². The summed E-state index contributed by atoms with van der Waals surface area (Å²) in [7, 11) is 1.77. The van der Waals surface area contributed by atoms with Crippen LogP contribution in [-0.2, 0) is 4.74 Å². The Morgan fingerprint density at radius 3 is 2.79 bits per heavy atom. The third-order valence-corrected chi connectivity index (χ3v) is 3.17. The Hall–Kier alpha value is -0.160. The summed E-state index contributed by atoms with van der Waals surface area (Å²) >= 11 is 0. The van der Waals surface area contributed by atoms with Gasteiger partial charge in [0.1, 0.15) is 5.66 Å². The maximum absolute atomic E-state index is 5.32. The number of methoxy groups -OCH3 is 1. The minimum atomic E-state index is -0.0660. The summed E-state index contributed by atoms with van der Waals surface area (Å²) in [6.07, 6.45) is 2.61. The molecule has 0 aromatic carbocycles. The van der Waals surface area contributed by atoms with E-state index < -0.39 is 0 Å². The van der Waals surface area contributed by atoms with Crippen LogP contribution in [0.15, 0.2) is 0 Å². The number of nitrogens with zero attached hydrogens (tertiary/aromatic N) is 2. The van der Waals surface area contributed by atoms with Crippen molar-refractivity contribution < 1.29 is 4.74 Å². The quantitative estimate of drug-likeness (QED) is 0.672. The van der Waals surface area contributed by atoms with Crippen LogP contribution in [0.3, 0.4) is 0 Å². The molecule has 1 N–H and O–H groups in total. The molecule has 4 heteroatoms. The molecule has 4 nitrogen and oxygen atoms in total. The number of piperazine rings is 1. The fourth-order valence-corrected chi connectivity index (χ4v) is 2.45. The van der Waals surface area contributed by atoms with Gasteiger partial charge in [0.25, 0.3) is 0 Å². The van der Waals surface area contributed by atoms with Crippen molar-refractivity contribution in [3.63, 3.8) is 0 Å². The second kappa shape index (κ2) is 4.57. The van der Waals surface area contributed by atoms with E-state index in [1.807, 2.05) is 0 Å². The lowest BCUT2D eigenvalue weighted by molar-refractivity contribution is -0.0130. The Balaban J connectivity index is 2.02. The zero-order chi connectivity index (χ0) is 9.86. The highest BCUT2D eigenvalue weighted by atomic mass is 16.5. The van der Waals surface area contributed by atoms with Gasteiger partial charge in [-0.25, -0.2) is 5.32 Å². The second-order valence-corrected chi connectivity index (χ2v) is 4.17. The minimum absolute atomic E-state index is 0.0660. The molecule has 0 aliphatic carbocycles. The molecule has 0 spiro atoms. The van der Waals surface area contributed by atoms with Gasteiger partial charge in [-0.3, -0.25) is 4.90 Å². The Morgan fingerprint density at radius 1 is 1.43 bits per heavy atom. The lowest BCUT2D eigenvalue weighted by atomic mass is 10.1. The largest absolute Gasteiger partial charge is 0.381 e. The number of nitrogens with one attached hydrogen (secondary N) is 1. The van der Waals surface area contributed by atoms with E-state index in [1.165, 1.54) is 25.9 Å². The molecule has 0 amide bonds. The molecule has 0 bridgehead atoms. The minimum Gasteiger partial charge on any atom is -0.381 e. The van der Waals surface area contributed by atoms with Gasteiger partial charge < -0.3 is 10.1 Å². The van der Waals surface area contributed by atoms with Gasteiger partial charge in [0.15, 0.2) is 0 Å². The zero-order valence-electron chi connectivity index (χ0n) is 8.96. The lowest BCUT2D eigenvalue weighted by Gasteiger charge is -2.43. The van der Waals surface area contributed by atoms with E-state index in [4.69, 9.17) is 10.1 Å². The standard InChI is InChI=1S/C10H20N3O/c1-14-9-10(8-11-4-5-12-10)13-6-2-3-7-13/h11H,2-9H2,1H3. The molecule has 2 fully saturated rings. The van der Waals surface area contributed by atoms with Gasteiger partial charge in [-0.1, -0.05) is 0 Å². The molecule has 0 saturated carbocycles. The van der Waals surface area contributed by atoms with E-state index in [2.05, 4.69) is 10.2 Å². The van der Waals surface area contributed by atoms with Crippen LogP contribution < -0.4 is 10.6 Å². The number of hydrogen-bond acceptors (Lipinski definition) is 3. The molecule has 2 rings (SSSR count). The molecule has 14 heavy (non-hydrogen) atoms. The summed E-state index contributed by atoms with van der Waals surface area (Å²) in [5.41, 5.74) is -0.0660. The van der Waals surface area contributed by atoms with Crippen LogP contribution in [0.25, 0.3) is 0 Å².